The Bertz CT molecular complexity index is 513. The van der Waals surface area contributed by atoms with Gasteiger partial charge in [-0.25, -0.2) is 4.79 Å². The summed E-state index contributed by atoms with van der Waals surface area (Å²) in [6.07, 6.45) is 0.977. The largest absolute Gasteiger partial charge is 0.435 e. The van der Waals surface area contributed by atoms with E-state index < -0.39 is 12.7 Å². The van der Waals surface area contributed by atoms with Crippen molar-refractivity contribution in [2.75, 3.05) is 13.1 Å². The van der Waals surface area contributed by atoms with Crippen molar-refractivity contribution >= 4 is 6.03 Å². The molecule has 1 fully saturated rings. The summed E-state index contributed by atoms with van der Waals surface area (Å²) in [7, 11) is 0. The summed E-state index contributed by atoms with van der Waals surface area (Å²) in [5.74, 6) is 0.0574. The Hall–Kier alpha value is -1.89. The van der Waals surface area contributed by atoms with Crippen molar-refractivity contribution in [2.45, 2.75) is 38.5 Å². The zero-order chi connectivity index (χ0) is 16.1. The van der Waals surface area contributed by atoms with Crippen molar-refractivity contribution < 1.29 is 23.4 Å². The molecule has 5 nitrogen and oxygen atoms in total. The summed E-state index contributed by atoms with van der Waals surface area (Å²) in [5.41, 5.74) is 0.670. The second-order valence-corrected chi connectivity index (χ2v) is 5.36. The molecule has 2 rings (SSSR count). The topological polar surface area (TPSA) is 61.8 Å². The monoisotopic (exact) mass is 314 g/mol. The second kappa shape index (κ2) is 7.40. The number of likely N-dealkylation sites (tertiary alicyclic amines) is 1. The summed E-state index contributed by atoms with van der Waals surface area (Å²) < 4.78 is 28.8. The summed E-state index contributed by atoms with van der Waals surface area (Å²) in [6.45, 7) is -0.202. The number of aliphatic hydroxyl groups is 1. The van der Waals surface area contributed by atoms with E-state index in [1.807, 2.05) is 0 Å². The highest BCUT2D eigenvalue weighted by atomic mass is 19.3. The fourth-order valence-electron chi connectivity index (χ4n) is 2.46. The number of carbonyl (C=O) groups excluding carboxylic acids is 1. The van der Waals surface area contributed by atoms with Crippen LogP contribution in [0.3, 0.4) is 0 Å². The lowest BCUT2D eigenvalue weighted by atomic mass is 10.1. The Morgan fingerprint density at radius 3 is 2.95 bits per heavy atom. The zero-order valence-corrected chi connectivity index (χ0v) is 12.3. The summed E-state index contributed by atoms with van der Waals surface area (Å²) in [4.78, 5) is 13.7. The minimum Gasteiger partial charge on any atom is -0.435 e. The van der Waals surface area contributed by atoms with Gasteiger partial charge in [0.25, 0.3) is 0 Å². The molecule has 2 atom stereocenters. The zero-order valence-electron chi connectivity index (χ0n) is 12.3. The van der Waals surface area contributed by atoms with Gasteiger partial charge in [-0.1, -0.05) is 12.1 Å². The van der Waals surface area contributed by atoms with Crippen molar-refractivity contribution in [2.24, 2.45) is 0 Å². The number of aliphatic hydroxyl groups excluding tert-OH is 1. The molecule has 7 heteroatoms. The van der Waals surface area contributed by atoms with Gasteiger partial charge in [0.1, 0.15) is 5.75 Å². The molecule has 1 aliphatic rings. The number of ether oxygens (including phenoxy) is 1. The molecule has 2 N–H and O–H groups in total. The predicted octanol–water partition coefficient (Wildman–Crippen LogP) is 2.52. The van der Waals surface area contributed by atoms with Crippen LogP contribution < -0.4 is 10.1 Å². The first kappa shape index (κ1) is 16.5. The number of rotatable bonds is 4. The van der Waals surface area contributed by atoms with Gasteiger partial charge in [-0.15, -0.1) is 0 Å². The van der Waals surface area contributed by atoms with Gasteiger partial charge in [0.2, 0.25) is 0 Å². The first-order chi connectivity index (χ1) is 10.5. The lowest BCUT2D eigenvalue weighted by molar-refractivity contribution is -0.0499. The van der Waals surface area contributed by atoms with Crippen LogP contribution >= 0.6 is 0 Å². The van der Waals surface area contributed by atoms with Crippen LogP contribution in [-0.4, -0.2) is 41.8 Å². The Morgan fingerprint density at radius 1 is 1.50 bits per heavy atom. The van der Waals surface area contributed by atoms with Gasteiger partial charge < -0.3 is 20.1 Å². The number of carbonyl (C=O) groups is 1. The average Bonchev–Trinajstić information content (AvgIpc) is 2.46. The van der Waals surface area contributed by atoms with Crippen LogP contribution in [0.15, 0.2) is 24.3 Å². The number of β-amino-alcohol motifs (C(OH)–C–C–N with tert-alkyl or cyclic N) is 1. The van der Waals surface area contributed by atoms with Crippen LogP contribution in [0, 0.1) is 0 Å². The number of nitrogens with one attached hydrogen (secondary N) is 1. The van der Waals surface area contributed by atoms with E-state index in [0.717, 1.165) is 6.42 Å². The first-order valence-corrected chi connectivity index (χ1v) is 7.24. The maximum absolute atomic E-state index is 12.2. The van der Waals surface area contributed by atoms with Crippen LogP contribution in [0.2, 0.25) is 0 Å². The molecule has 2 amide bonds. The fourth-order valence-corrected chi connectivity index (χ4v) is 2.46. The third kappa shape index (κ3) is 4.56. The van der Waals surface area contributed by atoms with Gasteiger partial charge in [0.05, 0.1) is 12.1 Å². The molecular formula is C15H20F2N2O3. The summed E-state index contributed by atoms with van der Waals surface area (Å²) in [5, 5.41) is 12.4. The standard InChI is InChI=1S/C15H20F2N2O3/c1-10(11-4-2-6-13(8-11)22-14(16)17)18-15(21)19-7-3-5-12(20)9-19/h2,4,6,8,10,12,14,20H,3,5,7,9H2,1H3,(H,18,21). The Labute approximate surface area is 127 Å². The van der Waals surface area contributed by atoms with Gasteiger partial charge in [0, 0.05) is 13.1 Å². The SMILES string of the molecule is CC(NC(=O)N1CCCC(O)C1)c1cccc(OC(F)F)c1. The van der Waals surface area contributed by atoms with Gasteiger partial charge in [-0.3, -0.25) is 0 Å². The van der Waals surface area contributed by atoms with Crippen molar-refractivity contribution in [1.82, 2.24) is 10.2 Å². The number of hydrogen-bond donors (Lipinski definition) is 2. The lowest BCUT2D eigenvalue weighted by Crippen LogP contribution is -2.47. The number of alkyl halides is 2. The third-order valence-electron chi connectivity index (χ3n) is 3.61. The predicted molar refractivity (Wildman–Crippen MR) is 76.8 cm³/mol. The first-order valence-electron chi connectivity index (χ1n) is 7.24. The number of hydrogen-bond acceptors (Lipinski definition) is 3. The maximum atomic E-state index is 12.2. The minimum absolute atomic E-state index is 0.0574. The van der Waals surface area contributed by atoms with E-state index in [-0.39, 0.29) is 17.8 Å². The van der Waals surface area contributed by atoms with Crippen LogP contribution in [-0.2, 0) is 0 Å². The molecule has 1 heterocycles. The average molecular weight is 314 g/mol. The number of nitrogens with zero attached hydrogens (tertiary/aromatic N) is 1. The number of benzene rings is 1. The molecule has 22 heavy (non-hydrogen) atoms. The van der Waals surface area contributed by atoms with Crippen molar-refractivity contribution in [1.29, 1.82) is 0 Å². The molecule has 1 saturated heterocycles. The maximum Gasteiger partial charge on any atom is 0.387 e. The summed E-state index contributed by atoms with van der Waals surface area (Å²) >= 11 is 0. The van der Waals surface area contributed by atoms with E-state index in [4.69, 9.17) is 0 Å². The lowest BCUT2D eigenvalue weighted by Gasteiger charge is -2.31. The van der Waals surface area contributed by atoms with E-state index in [1.54, 1.807) is 24.0 Å². The molecular weight excluding hydrogens is 294 g/mol. The Kier molecular flexibility index (Phi) is 5.54. The van der Waals surface area contributed by atoms with E-state index in [1.165, 1.54) is 12.1 Å². The van der Waals surface area contributed by atoms with Crippen LogP contribution in [0.4, 0.5) is 13.6 Å². The molecule has 0 spiro atoms. The fraction of sp³-hybridized carbons (Fsp3) is 0.533. The van der Waals surface area contributed by atoms with Crippen molar-refractivity contribution in [3.8, 4) is 5.75 Å². The normalized spacial score (nSPS) is 19.9. The molecule has 0 aromatic heterocycles. The molecule has 0 saturated carbocycles. The molecule has 1 aromatic carbocycles. The van der Waals surface area contributed by atoms with Gasteiger partial charge >= 0.3 is 12.6 Å². The number of urea groups is 1. The molecule has 0 radical (unpaired) electrons. The van der Waals surface area contributed by atoms with Crippen molar-refractivity contribution in [3.05, 3.63) is 29.8 Å². The van der Waals surface area contributed by atoms with Gasteiger partial charge in [0.15, 0.2) is 0 Å². The highest BCUT2D eigenvalue weighted by Gasteiger charge is 2.23. The summed E-state index contributed by atoms with van der Waals surface area (Å²) in [6, 6.07) is 5.61. The smallest absolute Gasteiger partial charge is 0.387 e. The van der Waals surface area contributed by atoms with Gasteiger partial charge in [-0.05, 0) is 37.5 Å². The number of piperidine rings is 1. The molecule has 1 aliphatic heterocycles. The third-order valence-corrected chi connectivity index (χ3v) is 3.61. The van der Waals surface area contributed by atoms with Crippen LogP contribution in [0.5, 0.6) is 5.75 Å². The van der Waals surface area contributed by atoms with Crippen molar-refractivity contribution in [3.63, 3.8) is 0 Å². The Balaban J connectivity index is 1.96. The van der Waals surface area contributed by atoms with E-state index >= 15 is 0 Å². The minimum atomic E-state index is -2.88. The van der Waals surface area contributed by atoms with E-state index in [9.17, 15) is 18.7 Å². The highest BCUT2D eigenvalue weighted by Crippen LogP contribution is 2.21. The van der Waals surface area contributed by atoms with E-state index in [2.05, 4.69) is 10.1 Å². The van der Waals surface area contributed by atoms with E-state index in [0.29, 0.717) is 25.1 Å². The molecule has 0 bridgehead atoms. The second-order valence-electron chi connectivity index (χ2n) is 5.36. The molecule has 122 valence electrons. The molecule has 1 aromatic rings. The number of halogens is 2. The Morgan fingerprint density at radius 2 is 2.27 bits per heavy atom. The van der Waals surface area contributed by atoms with Crippen LogP contribution in [0.25, 0.3) is 0 Å². The molecule has 0 aliphatic carbocycles. The van der Waals surface area contributed by atoms with Crippen LogP contribution in [0.1, 0.15) is 31.4 Å². The molecule has 2 unspecified atom stereocenters. The number of amides is 2. The highest BCUT2D eigenvalue weighted by molar-refractivity contribution is 5.74. The quantitative estimate of drug-likeness (QED) is 0.897. The van der Waals surface area contributed by atoms with Gasteiger partial charge in [-0.2, -0.15) is 8.78 Å².